The first-order valence-corrected chi connectivity index (χ1v) is 5.73. The third-order valence-electron chi connectivity index (χ3n) is 3.35. The number of hydrogen-bond donors (Lipinski definition) is 0. The molecule has 0 saturated heterocycles. The van der Waals surface area contributed by atoms with Crippen LogP contribution in [0.4, 0.5) is 0 Å². The van der Waals surface area contributed by atoms with Crippen LogP contribution in [-0.2, 0) is 0 Å². The molecule has 1 nitrogen and oxygen atoms in total. The molecule has 2 unspecified atom stereocenters. The number of nitriles is 1. The van der Waals surface area contributed by atoms with Crippen LogP contribution >= 0.6 is 0 Å². The van der Waals surface area contributed by atoms with Crippen LogP contribution < -0.4 is 0 Å². The average molecular weight is 179 g/mol. The van der Waals surface area contributed by atoms with Gasteiger partial charge < -0.3 is 0 Å². The maximum Gasteiger partial charge on any atom is 0.0624 e. The molecule has 1 heteroatoms. The van der Waals surface area contributed by atoms with Gasteiger partial charge in [0.1, 0.15) is 0 Å². The highest BCUT2D eigenvalue weighted by Crippen LogP contribution is 2.30. The van der Waals surface area contributed by atoms with Gasteiger partial charge in [-0.25, -0.2) is 0 Å². The van der Waals surface area contributed by atoms with E-state index in [0.717, 1.165) is 12.3 Å². The van der Waals surface area contributed by atoms with E-state index in [0.29, 0.717) is 5.92 Å². The van der Waals surface area contributed by atoms with Gasteiger partial charge in [-0.3, -0.25) is 0 Å². The van der Waals surface area contributed by atoms with Gasteiger partial charge in [0, 0.05) is 6.42 Å². The molecule has 0 bridgehead atoms. The molecule has 0 N–H and O–H groups in total. The Morgan fingerprint density at radius 3 is 2.46 bits per heavy atom. The number of rotatable bonds is 2. The summed E-state index contributed by atoms with van der Waals surface area (Å²) in [7, 11) is 0. The molecule has 2 atom stereocenters. The molecule has 0 spiro atoms. The van der Waals surface area contributed by atoms with Crippen molar-refractivity contribution in [1.29, 1.82) is 5.26 Å². The minimum absolute atomic E-state index is 0.704. The van der Waals surface area contributed by atoms with Crippen LogP contribution in [-0.4, -0.2) is 0 Å². The Labute approximate surface area is 82.1 Å². The van der Waals surface area contributed by atoms with Gasteiger partial charge in [-0.05, 0) is 24.7 Å². The second kappa shape index (κ2) is 6.02. The highest BCUT2D eigenvalue weighted by Gasteiger charge is 2.17. The minimum atomic E-state index is 0.704. The highest BCUT2D eigenvalue weighted by molar-refractivity contribution is 4.79. The lowest BCUT2D eigenvalue weighted by Crippen LogP contribution is -2.11. The van der Waals surface area contributed by atoms with Gasteiger partial charge in [-0.2, -0.15) is 5.26 Å². The Morgan fingerprint density at radius 1 is 1.15 bits per heavy atom. The molecule has 1 aliphatic carbocycles. The molecule has 0 heterocycles. The Morgan fingerprint density at radius 2 is 1.85 bits per heavy atom. The molecule has 1 fully saturated rings. The monoisotopic (exact) mass is 179 g/mol. The zero-order valence-corrected chi connectivity index (χ0v) is 8.76. The van der Waals surface area contributed by atoms with E-state index in [1.165, 1.54) is 44.9 Å². The first-order valence-electron chi connectivity index (χ1n) is 5.73. The second-order valence-corrected chi connectivity index (χ2v) is 4.38. The van der Waals surface area contributed by atoms with Gasteiger partial charge in [0.15, 0.2) is 0 Å². The van der Waals surface area contributed by atoms with Crippen molar-refractivity contribution < 1.29 is 0 Å². The predicted octanol–water partition coefficient (Wildman–Crippen LogP) is 3.90. The molecular weight excluding hydrogens is 158 g/mol. The van der Waals surface area contributed by atoms with E-state index in [1.54, 1.807) is 0 Å². The summed E-state index contributed by atoms with van der Waals surface area (Å²) in [5.41, 5.74) is 0. The van der Waals surface area contributed by atoms with E-state index in [-0.39, 0.29) is 0 Å². The lowest BCUT2D eigenvalue weighted by molar-refractivity contribution is 0.293. The van der Waals surface area contributed by atoms with Crippen molar-refractivity contribution in [1.82, 2.24) is 0 Å². The number of nitrogens with zero attached hydrogens (tertiary/aromatic N) is 1. The van der Waals surface area contributed by atoms with Gasteiger partial charge in [0.05, 0.1) is 6.07 Å². The molecule has 13 heavy (non-hydrogen) atoms. The lowest BCUT2D eigenvalue weighted by atomic mass is 9.82. The van der Waals surface area contributed by atoms with Crippen molar-refractivity contribution in [3.05, 3.63) is 0 Å². The molecule has 0 amide bonds. The van der Waals surface area contributed by atoms with Crippen LogP contribution in [0.15, 0.2) is 0 Å². The summed E-state index contributed by atoms with van der Waals surface area (Å²) in [4.78, 5) is 0. The van der Waals surface area contributed by atoms with E-state index in [9.17, 15) is 0 Å². The smallest absolute Gasteiger partial charge is 0.0624 e. The van der Waals surface area contributed by atoms with E-state index in [2.05, 4.69) is 13.0 Å². The van der Waals surface area contributed by atoms with Crippen molar-refractivity contribution >= 4 is 0 Å². The fraction of sp³-hybridized carbons (Fsp3) is 0.917. The zero-order chi connectivity index (χ0) is 9.52. The maximum absolute atomic E-state index is 8.69. The molecular formula is C12H21N. The second-order valence-electron chi connectivity index (χ2n) is 4.38. The summed E-state index contributed by atoms with van der Waals surface area (Å²) in [6.45, 7) is 2.29. The standard InChI is InChI=1S/C12H21N/c1-2-11-6-4-3-5-7-12(10-11)8-9-13/h11-12H,2-8,10H2,1H3. The van der Waals surface area contributed by atoms with Gasteiger partial charge in [0.2, 0.25) is 0 Å². The van der Waals surface area contributed by atoms with Gasteiger partial charge in [0.25, 0.3) is 0 Å². The summed E-state index contributed by atoms with van der Waals surface area (Å²) < 4.78 is 0. The topological polar surface area (TPSA) is 23.8 Å². The molecule has 0 aromatic heterocycles. The largest absolute Gasteiger partial charge is 0.198 e. The third-order valence-corrected chi connectivity index (χ3v) is 3.35. The fourth-order valence-electron chi connectivity index (χ4n) is 2.44. The quantitative estimate of drug-likeness (QED) is 0.630. The number of hydrogen-bond acceptors (Lipinski definition) is 1. The first-order chi connectivity index (χ1) is 6.36. The van der Waals surface area contributed by atoms with Crippen molar-refractivity contribution in [2.45, 2.75) is 58.3 Å². The molecule has 0 aromatic rings. The molecule has 0 aliphatic heterocycles. The van der Waals surface area contributed by atoms with E-state index in [1.807, 2.05) is 0 Å². The molecule has 0 radical (unpaired) electrons. The fourth-order valence-corrected chi connectivity index (χ4v) is 2.44. The van der Waals surface area contributed by atoms with Crippen molar-refractivity contribution in [2.75, 3.05) is 0 Å². The highest BCUT2D eigenvalue weighted by atomic mass is 14.3. The molecule has 1 rings (SSSR count). The van der Waals surface area contributed by atoms with Crippen LogP contribution in [0.25, 0.3) is 0 Å². The summed E-state index contributed by atoms with van der Waals surface area (Å²) >= 11 is 0. The molecule has 0 aromatic carbocycles. The van der Waals surface area contributed by atoms with Crippen LogP contribution in [0.2, 0.25) is 0 Å². The summed E-state index contributed by atoms with van der Waals surface area (Å²) in [6, 6.07) is 2.33. The summed E-state index contributed by atoms with van der Waals surface area (Å²) in [5.74, 6) is 1.61. The molecule has 1 saturated carbocycles. The summed E-state index contributed by atoms with van der Waals surface area (Å²) in [5, 5.41) is 8.69. The van der Waals surface area contributed by atoms with E-state index >= 15 is 0 Å². The Balaban J connectivity index is 2.38. The van der Waals surface area contributed by atoms with Gasteiger partial charge in [-0.1, -0.05) is 39.0 Å². The van der Waals surface area contributed by atoms with Gasteiger partial charge in [-0.15, -0.1) is 0 Å². The summed E-state index contributed by atoms with van der Waals surface area (Å²) in [6.07, 6.45) is 10.3. The van der Waals surface area contributed by atoms with Crippen molar-refractivity contribution in [3.8, 4) is 6.07 Å². The van der Waals surface area contributed by atoms with Crippen LogP contribution in [0.3, 0.4) is 0 Å². The van der Waals surface area contributed by atoms with Crippen molar-refractivity contribution in [2.24, 2.45) is 11.8 Å². The average Bonchev–Trinajstić information content (AvgIpc) is 2.09. The predicted molar refractivity (Wildman–Crippen MR) is 55.2 cm³/mol. The maximum atomic E-state index is 8.69. The van der Waals surface area contributed by atoms with Crippen molar-refractivity contribution in [3.63, 3.8) is 0 Å². The minimum Gasteiger partial charge on any atom is -0.198 e. The van der Waals surface area contributed by atoms with Crippen LogP contribution in [0, 0.1) is 23.2 Å². The Bertz CT molecular complexity index is 168. The molecule has 1 aliphatic rings. The first kappa shape index (κ1) is 10.6. The van der Waals surface area contributed by atoms with Crippen LogP contribution in [0.5, 0.6) is 0 Å². The third kappa shape index (κ3) is 3.81. The zero-order valence-electron chi connectivity index (χ0n) is 8.76. The van der Waals surface area contributed by atoms with Gasteiger partial charge >= 0.3 is 0 Å². The van der Waals surface area contributed by atoms with E-state index < -0.39 is 0 Å². The lowest BCUT2D eigenvalue weighted by Gasteiger charge is -2.23. The van der Waals surface area contributed by atoms with Crippen LogP contribution in [0.1, 0.15) is 58.3 Å². The SMILES string of the molecule is CCC1CCCCCC(CC#N)C1. The van der Waals surface area contributed by atoms with E-state index in [4.69, 9.17) is 5.26 Å². The normalized spacial score (nSPS) is 30.2. The molecule has 74 valence electrons. The Hall–Kier alpha value is -0.510. The Kier molecular flexibility index (Phi) is 4.90.